The van der Waals surface area contributed by atoms with Gasteiger partial charge in [0.05, 0.1) is 6.42 Å². The second-order valence-electron chi connectivity index (χ2n) is 9.94. The number of ketones is 1. The lowest BCUT2D eigenvalue weighted by molar-refractivity contribution is -0.209. The van der Waals surface area contributed by atoms with E-state index in [1.165, 1.54) is 24.8 Å². The summed E-state index contributed by atoms with van der Waals surface area (Å²) < 4.78 is 0. The van der Waals surface area contributed by atoms with Crippen LogP contribution < -0.4 is 5.32 Å². The van der Waals surface area contributed by atoms with Crippen LogP contribution >= 0.6 is 0 Å². The summed E-state index contributed by atoms with van der Waals surface area (Å²) in [6.07, 6.45) is 5.75. The molecule has 0 saturated carbocycles. The van der Waals surface area contributed by atoms with Crippen molar-refractivity contribution >= 4 is 11.8 Å². The largest absolute Gasteiger partial charge is 0.368 e. The number of hydroxylamine groups is 2. The molecule has 0 bridgehead atoms. The summed E-state index contributed by atoms with van der Waals surface area (Å²) in [4.78, 5) is 30.4. The molecular formula is C26H40N4O3. The number of benzene rings is 1. The number of hydrazine groups is 1. The van der Waals surface area contributed by atoms with Crippen molar-refractivity contribution in [3.05, 3.63) is 35.9 Å². The second-order valence-corrected chi connectivity index (χ2v) is 9.94. The Labute approximate surface area is 198 Å². The van der Waals surface area contributed by atoms with Crippen LogP contribution in [0.3, 0.4) is 0 Å². The van der Waals surface area contributed by atoms with Gasteiger partial charge in [0, 0.05) is 45.2 Å². The molecular weight excluding hydrogens is 416 g/mol. The van der Waals surface area contributed by atoms with E-state index in [0.717, 1.165) is 58.0 Å². The minimum absolute atomic E-state index is 0.110. The number of hydrogen-bond donors (Lipinski definition) is 1. The van der Waals surface area contributed by atoms with Crippen LogP contribution in [0.15, 0.2) is 30.3 Å². The van der Waals surface area contributed by atoms with E-state index in [-0.39, 0.29) is 30.0 Å². The molecule has 3 aliphatic heterocycles. The Morgan fingerprint density at radius 1 is 0.939 bits per heavy atom. The van der Waals surface area contributed by atoms with Gasteiger partial charge in [-0.2, -0.15) is 0 Å². The predicted molar refractivity (Wildman–Crippen MR) is 128 cm³/mol. The molecule has 0 radical (unpaired) electrons. The van der Waals surface area contributed by atoms with Gasteiger partial charge in [0.2, 0.25) is 0 Å². The first-order valence-corrected chi connectivity index (χ1v) is 12.8. The molecule has 0 spiro atoms. The molecule has 7 heteroatoms. The maximum absolute atomic E-state index is 12.6. The quantitative estimate of drug-likeness (QED) is 0.645. The number of nitrogens with zero attached hydrogens (tertiary/aromatic N) is 3. The van der Waals surface area contributed by atoms with Crippen LogP contribution in [0.25, 0.3) is 0 Å². The second kappa shape index (κ2) is 12.1. The third kappa shape index (κ3) is 7.09. The molecule has 3 fully saturated rings. The SMILES string of the molecule is CC(=O)C(CC(=O)ON1CCN(N2CCC(Cc3ccccc3)CC2)CC1)C1CCNCC1. The molecule has 3 saturated heterocycles. The Kier molecular flexibility index (Phi) is 8.89. The molecule has 7 nitrogen and oxygen atoms in total. The van der Waals surface area contributed by atoms with Gasteiger partial charge in [-0.1, -0.05) is 30.3 Å². The summed E-state index contributed by atoms with van der Waals surface area (Å²) in [5.41, 5.74) is 1.44. The van der Waals surface area contributed by atoms with E-state index in [2.05, 4.69) is 45.7 Å². The van der Waals surface area contributed by atoms with E-state index in [1.54, 1.807) is 12.0 Å². The van der Waals surface area contributed by atoms with Gasteiger partial charge in [-0.05, 0) is 69.5 Å². The Hall–Kier alpha value is -1.80. The molecule has 0 aromatic heterocycles. The van der Waals surface area contributed by atoms with Crippen molar-refractivity contribution in [3.8, 4) is 0 Å². The number of nitrogens with one attached hydrogen (secondary N) is 1. The highest BCUT2D eigenvalue weighted by molar-refractivity contribution is 5.83. The van der Waals surface area contributed by atoms with Gasteiger partial charge in [0.1, 0.15) is 5.78 Å². The lowest BCUT2D eigenvalue weighted by Crippen LogP contribution is -2.55. The molecule has 1 unspecified atom stereocenters. The number of piperidine rings is 2. The molecule has 1 N–H and O–H groups in total. The van der Waals surface area contributed by atoms with Gasteiger partial charge >= 0.3 is 5.97 Å². The number of carbonyl (C=O) groups excluding carboxylic acids is 2. The minimum Gasteiger partial charge on any atom is -0.368 e. The van der Waals surface area contributed by atoms with Gasteiger partial charge in [-0.25, -0.2) is 10.0 Å². The fourth-order valence-electron chi connectivity index (χ4n) is 5.66. The monoisotopic (exact) mass is 456 g/mol. The van der Waals surface area contributed by atoms with Crippen molar-refractivity contribution in [1.29, 1.82) is 0 Å². The first-order chi connectivity index (χ1) is 16.1. The number of carbonyl (C=O) groups is 2. The topological polar surface area (TPSA) is 65.1 Å². The van der Waals surface area contributed by atoms with Crippen LogP contribution in [-0.4, -0.2) is 79.2 Å². The van der Waals surface area contributed by atoms with Crippen LogP contribution in [0.4, 0.5) is 0 Å². The lowest BCUT2D eigenvalue weighted by Gasteiger charge is -2.43. The van der Waals surface area contributed by atoms with Crippen LogP contribution in [0.5, 0.6) is 0 Å². The third-order valence-electron chi connectivity index (χ3n) is 7.67. The lowest BCUT2D eigenvalue weighted by atomic mass is 9.80. The number of Topliss-reactive ketones (excluding diaryl/α,β-unsaturated/α-hetero) is 1. The summed E-state index contributed by atoms with van der Waals surface area (Å²) in [6.45, 7) is 8.86. The molecule has 0 aliphatic carbocycles. The average molecular weight is 457 g/mol. The van der Waals surface area contributed by atoms with Crippen molar-refractivity contribution < 1.29 is 14.4 Å². The smallest absolute Gasteiger partial charge is 0.325 e. The zero-order chi connectivity index (χ0) is 23.0. The zero-order valence-electron chi connectivity index (χ0n) is 20.1. The Bertz CT molecular complexity index is 752. The van der Waals surface area contributed by atoms with Crippen molar-refractivity contribution in [2.45, 2.75) is 45.4 Å². The first kappa shape index (κ1) is 24.3. The minimum atomic E-state index is -0.260. The van der Waals surface area contributed by atoms with E-state index in [1.807, 2.05) is 0 Å². The average Bonchev–Trinajstić information content (AvgIpc) is 2.85. The summed E-state index contributed by atoms with van der Waals surface area (Å²) in [7, 11) is 0. The van der Waals surface area contributed by atoms with Crippen molar-refractivity contribution in [1.82, 2.24) is 20.4 Å². The standard InChI is InChI=1S/C26H40N4O3/c1-21(31)25(24-7-11-27-12-8-24)20-26(32)33-30-17-15-29(16-18-30)28-13-9-23(10-14-28)19-22-5-3-2-4-6-22/h2-6,23-25,27H,7-20H2,1H3. The summed E-state index contributed by atoms with van der Waals surface area (Å²) in [5, 5.41) is 10.0. The molecule has 1 aromatic carbocycles. The molecule has 1 atom stereocenters. The van der Waals surface area contributed by atoms with Gasteiger partial charge in [0.25, 0.3) is 0 Å². The van der Waals surface area contributed by atoms with Crippen molar-refractivity contribution in [3.63, 3.8) is 0 Å². The van der Waals surface area contributed by atoms with E-state index in [4.69, 9.17) is 4.84 Å². The fourth-order valence-corrected chi connectivity index (χ4v) is 5.66. The van der Waals surface area contributed by atoms with Gasteiger partial charge in [0.15, 0.2) is 0 Å². The summed E-state index contributed by atoms with van der Waals surface area (Å²) in [6, 6.07) is 10.8. The van der Waals surface area contributed by atoms with Crippen molar-refractivity contribution in [2.75, 3.05) is 52.4 Å². The van der Waals surface area contributed by atoms with E-state index in [0.29, 0.717) is 13.1 Å². The third-order valence-corrected chi connectivity index (χ3v) is 7.67. The number of piperazine rings is 1. The van der Waals surface area contributed by atoms with E-state index >= 15 is 0 Å². The zero-order valence-corrected chi connectivity index (χ0v) is 20.1. The molecule has 3 heterocycles. The first-order valence-electron chi connectivity index (χ1n) is 12.8. The van der Waals surface area contributed by atoms with Crippen LogP contribution in [0.1, 0.15) is 44.6 Å². The van der Waals surface area contributed by atoms with E-state index < -0.39 is 0 Å². The molecule has 182 valence electrons. The van der Waals surface area contributed by atoms with Crippen LogP contribution in [-0.2, 0) is 20.8 Å². The maximum atomic E-state index is 12.6. The predicted octanol–water partition coefficient (Wildman–Crippen LogP) is 2.53. The summed E-state index contributed by atoms with van der Waals surface area (Å²) in [5.74, 6) is 0.694. The molecule has 4 rings (SSSR count). The Balaban J connectivity index is 1.16. The fraction of sp³-hybridized carbons (Fsp3) is 0.692. The number of rotatable bonds is 8. The Morgan fingerprint density at radius 2 is 1.58 bits per heavy atom. The highest BCUT2D eigenvalue weighted by Crippen LogP contribution is 2.27. The Morgan fingerprint density at radius 3 is 2.21 bits per heavy atom. The highest BCUT2D eigenvalue weighted by Gasteiger charge is 2.32. The maximum Gasteiger partial charge on any atom is 0.325 e. The van der Waals surface area contributed by atoms with E-state index in [9.17, 15) is 9.59 Å². The summed E-state index contributed by atoms with van der Waals surface area (Å²) >= 11 is 0. The molecule has 33 heavy (non-hydrogen) atoms. The van der Waals surface area contributed by atoms with Crippen LogP contribution in [0.2, 0.25) is 0 Å². The molecule has 0 amide bonds. The molecule has 1 aromatic rings. The van der Waals surface area contributed by atoms with Gasteiger partial charge in [-0.3, -0.25) is 9.59 Å². The highest BCUT2D eigenvalue weighted by atomic mass is 16.7. The van der Waals surface area contributed by atoms with Gasteiger partial charge in [-0.15, -0.1) is 5.06 Å². The van der Waals surface area contributed by atoms with Gasteiger partial charge < -0.3 is 10.2 Å². The van der Waals surface area contributed by atoms with Crippen molar-refractivity contribution in [2.24, 2.45) is 17.8 Å². The normalized spacial score (nSPS) is 23.3. The van der Waals surface area contributed by atoms with Crippen LogP contribution in [0, 0.1) is 17.8 Å². The molecule has 3 aliphatic rings. The number of hydrogen-bond acceptors (Lipinski definition) is 7.